The zero-order valence-electron chi connectivity index (χ0n) is 10.5. The van der Waals surface area contributed by atoms with E-state index < -0.39 is 0 Å². The topological polar surface area (TPSA) is 41.6 Å². The number of cyclic esters (lactones) is 1. The maximum absolute atomic E-state index is 11.8. The lowest BCUT2D eigenvalue weighted by Crippen LogP contribution is -2.58. The molecule has 0 saturated carbocycles. The molecule has 2 heterocycles. The van der Waals surface area contributed by atoms with Gasteiger partial charge in [0.15, 0.2) is 0 Å². The van der Waals surface area contributed by atoms with Crippen LogP contribution in [0.15, 0.2) is 0 Å². The molecule has 0 radical (unpaired) electrons. The molecular formula is C12H22N2O2. The van der Waals surface area contributed by atoms with E-state index in [2.05, 4.69) is 26.1 Å². The summed E-state index contributed by atoms with van der Waals surface area (Å²) >= 11 is 0. The van der Waals surface area contributed by atoms with Gasteiger partial charge in [0.25, 0.3) is 0 Å². The van der Waals surface area contributed by atoms with Gasteiger partial charge in [0.1, 0.15) is 6.61 Å². The van der Waals surface area contributed by atoms with Crippen LogP contribution in [0.4, 0.5) is 4.79 Å². The fourth-order valence-electron chi connectivity index (χ4n) is 2.56. The van der Waals surface area contributed by atoms with Crippen molar-refractivity contribution in [1.82, 2.24) is 10.2 Å². The predicted molar refractivity (Wildman–Crippen MR) is 62.3 cm³/mol. The van der Waals surface area contributed by atoms with Gasteiger partial charge < -0.3 is 10.1 Å². The number of amides is 1. The van der Waals surface area contributed by atoms with Gasteiger partial charge in [-0.15, -0.1) is 0 Å². The van der Waals surface area contributed by atoms with Crippen LogP contribution in [0.1, 0.15) is 33.6 Å². The molecule has 4 heteroatoms. The number of piperidine rings is 1. The lowest BCUT2D eigenvalue weighted by atomic mass is 9.87. The summed E-state index contributed by atoms with van der Waals surface area (Å²) in [6.45, 7) is 9.71. The van der Waals surface area contributed by atoms with Gasteiger partial charge in [-0.2, -0.15) is 0 Å². The summed E-state index contributed by atoms with van der Waals surface area (Å²) in [5.74, 6) is 0. The van der Waals surface area contributed by atoms with Crippen LogP contribution in [-0.4, -0.2) is 42.8 Å². The normalized spacial score (nSPS) is 30.9. The number of hydrogen-bond donors (Lipinski definition) is 1. The number of hydrogen-bond acceptors (Lipinski definition) is 3. The van der Waals surface area contributed by atoms with Crippen LogP contribution in [0.5, 0.6) is 0 Å². The average molecular weight is 226 g/mol. The van der Waals surface area contributed by atoms with E-state index in [-0.39, 0.29) is 17.0 Å². The fourth-order valence-corrected chi connectivity index (χ4v) is 2.56. The Bertz CT molecular complexity index is 277. The smallest absolute Gasteiger partial charge is 0.410 e. The zero-order chi connectivity index (χ0) is 11.8. The highest BCUT2D eigenvalue weighted by atomic mass is 16.6. The molecule has 2 saturated heterocycles. The largest absolute Gasteiger partial charge is 0.447 e. The monoisotopic (exact) mass is 226 g/mol. The third kappa shape index (κ3) is 2.17. The second kappa shape index (κ2) is 3.91. The third-order valence-corrected chi connectivity index (χ3v) is 3.34. The van der Waals surface area contributed by atoms with Gasteiger partial charge in [-0.3, -0.25) is 4.90 Å². The highest BCUT2D eigenvalue weighted by Crippen LogP contribution is 2.33. The number of nitrogens with one attached hydrogen (secondary N) is 1. The first-order chi connectivity index (χ1) is 7.43. The van der Waals surface area contributed by atoms with E-state index in [1.165, 1.54) is 0 Å². The van der Waals surface area contributed by atoms with E-state index in [4.69, 9.17) is 4.74 Å². The molecule has 0 aliphatic carbocycles. The summed E-state index contributed by atoms with van der Waals surface area (Å²) in [7, 11) is 0. The predicted octanol–water partition coefficient (Wildman–Crippen LogP) is 1.61. The standard InChI is InChI=1S/C12H22N2O2/c1-11(2,3)8-14-10(15)16-9-12(14)5-4-6-13-7-12/h13H,4-9H2,1-3H3. The summed E-state index contributed by atoms with van der Waals surface area (Å²) in [4.78, 5) is 13.7. The van der Waals surface area contributed by atoms with Crippen molar-refractivity contribution >= 4 is 6.09 Å². The Morgan fingerprint density at radius 2 is 2.25 bits per heavy atom. The summed E-state index contributed by atoms with van der Waals surface area (Å²) in [5, 5.41) is 3.38. The van der Waals surface area contributed by atoms with Crippen molar-refractivity contribution in [2.24, 2.45) is 5.41 Å². The van der Waals surface area contributed by atoms with Gasteiger partial charge in [-0.05, 0) is 24.8 Å². The molecule has 1 atom stereocenters. The minimum absolute atomic E-state index is 0.0807. The van der Waals surface area contributed by atoms with E-state index in [9.17, 15) is 4.79 Å². The van der Waals surface area contributed by atoms with Crippen LogP contribution in [0.25, 0.3) is 0 Å². The highest BCUT2D eigenvalue weighted by Gasteiger charge is 2.48. The van der Waals surface area contributed by atoms with E-state index in [1.54, 1.807) is 0 Å². The molecule has 92 valence electrons. The molecule has 1 spiro atoms. The number of ether oxygens (including phenoxy) is 1. The Morgan fingerprint density at radius 1 is 1.50 bits per heavy atom. The van der Waals surface area contributed by atoms with Crippen molar-refractivity contribution in [2.75, 3.05) is 26.2 Å². The molecule has 4 nitrogen and oxygen atoms in total. The Labute approximate surface area is 97.3 Å². The lowest BCUT2D eigenvalue weighted by Gasteiger charge is -2.41. The summed E-state index contributed by atoms with van der Waals surface area (Å²) in [5.41, 5.74) is 0.0381. The van der Waals surface area contributed by atoms with E-state index >= 15 is 0 Å². The zero-order valence-corrected chi connectivity index (χ0v) is 10.5. The number of carbonyl (C=O) groups excluding carboxylic acids is 1. The van der Waals surface area contributed by atoms with Crippen LogP contribution in [0.2, 0.25) is 0 Å². The van der Waals surface area contributed by atoms with Crippen molar-refractivity contribution in [2.45, 2.75) is 39.2 Å². The first kappa shape index (κ1) is 11.7. The van der Waals surface area contributed by atoms with Crippen molar-refractivity contribution < 1.29 is 9.53 Å². The number of rotatable bonds is 1. The molecule has 1 unspecified atom stereocenters. The molecule has 2 rings (SSSR count). The van der Waals surface area contributed by atoms with Gasteiger partial charge in [-0.1, -0.05) is 20.8 Å². The maximum atomic E-state index is 11.8. The third-order valence-electron chi connectivity index (χ3n) is 3.34. The molecule has 16 heavy (non-hydrogen) atoms. The first-order valence-corrected chi connectivity index (χ1v) is 6.08. The van der Waals surface area contributed by atoms with Crippen molar-refractivity contribution in [1.29, 1.82) is 0 Å². The molecule has 2 fully saturated rings. The minimum Gasteiger partial charge on any atom is -0.447 e. The summed E-state index contributed by atoms with van der Waals surface area (Å²) < 4.78 is 5.25. The van der Waals surface area contributed by atoms with Crippen molar-refractivity contribution in [3.05, 3.63) is 0 Å². The summed E-state index contributed by atoms with van der Waals surface area (Å²) in [6, 6.07) is 0. The molecule has 1 N–H and O–H groups in total. The molecular weight excluding hydrogens is 204 g/mol. The molecule has 0 bridgehead atoms. The van der Waals surface area contributed by atoms with Crippen LogP contribution < -0.4 is 5.32 Å². The average Bonchev–Trinajstić information content (AvgIpc) is 2.47. The van der Waals surface area contributed by atoms with Crippen LogP contribution in [0.3, 0.4) is 0 Å². The Balaban J connectivity index is 2.14. The van der Waals surface area contributed by atoms with Gasteiger partial charge in [0.05, 0.1) is 5.54 Å². The molecule has 1 amide bonds. The molecule has 0 aromatic rings. The van der Waals surface area contributed by atoms with Gasteiger partial charge in [-0.25, -0.2) is 4.79 Å². The quantitative estimate of drug-likeness (QED) is 0.738. The highest BCUT2D eigenvalue weighted by molar-refractivity contribution is 5.71. The first-order valence-electron chi connectivity index (χ1n) is 6.08. The van der Waals surface area contributed by atoms with Crippen LogP contribution in [-0.2, 0) is 4.74 Å². The van der Waals surface area contributed by atoms with E-state index in [0.29, 0.717) is 6.61 Å². The second-order valence-electron chi connectivity index (χ2n) is 6.21. The van der Waals surface area contributed by atoms with Crippen molar-refractivity contribution in [3.63, 3.8) is 0 Å². The van der Waals surface area contributed by atoms with E-state index in [1.807, 2.05) is 4.90 Å². The Hall–Kier alpha value is -0.770. The van der Waals surface area contributed by atoms with Gasteiger partial charge in [0.2, 0.25) is 0 Å². The lowest BCUT2D eigenvalue weighted by molar-refractivity contribution is 0.0992. The number of carbonyl (C=O) groups is 1. The van der Waals surface area contributed by atoms with Gasteiger partial charge >= 0.3 is 6.09 Å². The minimum atomic E-state index is -0.140. The molecule has 2 aliphatic rings. The van der Waals surface area contributed by atoms with Crippen molar-refractivity contribution in [3.8, 4) is 0 Å². The second-order valence-corrected chi connectivity index (χ2v) is 6.21. The molecule has 0 aromatic carbocycles. The van der Waals surface area contributed by atoms with E-state index in [0.717, 1.165) is 32.5 Å². The SMILES string of the molecule is CC(C)(C)CN1C(=O)OCC12CCCNC2. The van der Waals surface area contributed by atoms with Crippen LogP contribution in [0, 0.1) is 5.41 Å². The maximum Gasteiger partial charge on any atom is 0.410 e. The Kier molecular flexibility index (Phi) is 2.86. The Morgan fingerprint density at radius 3 is 2.81 bits per heavy atom. The molecule has 0 aromatic heterocycles. The van der Waals surface area contributed by atoms with Crippen LogP contribution >= 0.6 is 0 Å². The van der Waals surface area contributed by atoms with Gasteiger partial charge in [0, 0.05) is 13.1 Å². The number of nitrogens with zero attached hydrogens (tertiary/aromatic N) is 1. The summed E-state index contributed by atoms with van der Waals surface area (Å²) in [6.07, 6.45) is 2.04. The fraction of sp³-hybridized carbons (Fsp3) is 0.917. The molecule has 2 aliphatic heterocycles.